The summed E-state index contributed by atoms with van der Waals surface area (Å²) in [5.74, 6) is 2.56. The minimum atomic E-state index is 0.240. The highest BCUT2D eigenvalue weighted by Crippen LogP contribution is 2.27. The second-order valence-corrected chi connectivity index (χ2v) is 7.92. The van der Waals surface area contributed by atoms with Crippen LogP contribution in [0.3, 0.4) is 0 Å². The number of aromatic hydroxyl groups is 1. The largest absolute Gasteiger partial charge is 0.508 e. The van der Waals surface area contributed by atoms with Gasteiger partial charge in [0, 0.05) is 19.2 Å². The van der Waals surface area contributed by atoms with E-state index in [2.05, 4.69) is 34.6 Å². The molecule has 1 unspecified atom stereocenters. The zero-order valence-electron chi connectivity index (χ0n) is 19.4. The van der Waals surface area contributed by atoms with E-state index in [1.54, 1.807) is 20.3 Å². The summed E-state index contributed by atoms with van der Waals surface area (Å²) in [6.45, 7) is 6.41. The number of aliphatic imine (C=N–C) groups is 1. The summed E-state index contributed by atoms with van der Waals surface area (Å²) in [6.07, 6.45) is 3.16. The van der Waals surface area contributed by atoms with Gasteiger partial charge in [-0.15, -0.1) is 0 Å². The predicted octanol–water partition coefficient (Wildman–Crippen LogP) is 3.34. The summed E-state index contributed by atoms with van der Waals surface area (Å²) >= 11 is 0. The monoisotopic (exact) mass is 440 g/mol. The number of hydrogen-bond donors (Lipinski definition) is 3. The van der Waals surface area contributed by atoms with Crippen LogP contribution in [0.25, 0.3) is 0 Å². The molecule has 0 aromatic heterocycles. The molecule has 1 fully saturated rings. The minimum absolute atomic E-state index is 0.240. The number of rotatable bonds is 10. The topological polar surface area (TPSA) is 78.4 Å². The smallest absolute Gasteiger partial charge is 0.191 e. The SMILES string of the molecule is CCNC(=NCC(c1ccc(OC)cc1)N1CCCC1)NCCc1ccc(OC)cc1O. The van der Waals surface area contributed by atoms with Crippen LogP contribution in [0, 0.1) is 0 Å². The molecule has 1 atom stereocenters. The van der Waals surface area contributed by atoms with E-state index >= 15 is 0 Å². The average molecular weight is 441 g/mol. The van der Waals surface area contributed by atoms with Gasteiger partial charge in [-0.1, -0.05) is 18.2 Å². The number of ether oxygens (including phenoxy) is 2. The van der Waals surface area contributed by atoms with Crippen molar-refractivity contribution in [3.05, 3.63) is 53.6 Å². The molecule has 1 heterocycles. The lowest BCUT2D eigenvalue weighted by atomic mass is 10.1. The van der Waals surface area contributed by atoms with Gasteiger partial charge >= 0.3 is 0 Å². The Labute approximate surface area is 191 Å². The van der Waals surface area contributed by atoms with Gasteiger partial charge < -0.3 is 25.2 Å². The number of phenolic OH excluding ortho intramolecular Hbond substituents is 1. The third-order valence-corrected chi connectivity index (χ3v) is 5.83. The Hall–Kier alpha value is -2.93. The lowest BCUT2D eigenvalue weighted by Crippen LogP contribution is -2.39. The normalized spacial score (nSPS) is 15.4. The van der Waals surface area contributed by atoms with Crippen LogP contribution in [0.15, 0.2) is 47.5 Å². The molecule has 0 aliphatic carbocycles. The Kier molecular flexibility index (Phi) is 9.04. The van der Waals surface area contributed by atoms with Gasteiger partial charge in [-0.3, -0.25) is 9.89 Å². The van der Waals surface area contributed by atoms with Crippen LogP contribution in [-0.4, -0.2) is 62.9 Å². The maximum atomic E-state index is 10.2. The Bertz CT molecular complexity index is 864. The number of guanidine groups is 1. The number of hydrogen-bond acceptors (Lipinski definition) is 5. The molecular formula is C25H36N4O3. The van der Waals surface area contributed by atoms with E-state index in [0.29, 0.717) is 25.3 Å². The molecule has 7 heteroatoms. The highest BCUT2D eigenvalue weighted by atomic mass is 16.5. The molecule has 7 nitrogen and oxygen atoms in total. The van der Waals surface area contributed by atoms with Crippen LogP contribution >= 0.6 is 0 Å². The quantitative estimate of drug-likeness (QED) is 0.389. The van der Waals surface area contributed by atoms with E-state index in [0.717, 1.165) is 36.9 Å². The predicted molar refractivity (Wildman–Crippen MR) is 129 cm³/mol. The van der Waals surface area contributed by atoms with E-state index in [1.165, 1.54) is 18.4 Å². The zero-order chi connectivity index (χ0) is 22.8. The molecule has 1 aliphatic rings. The van der Waals surface area contributed by atoms with Gasteiger partial charge in [-0.05, 0) is 68.6 Å². The Balaban J connectivity index is 1.65. The van der Waals surface area contributed by atoms with Gasteiger partial charge in [0.1, 0.15) is 17.2 Å². The number of likely N-dealkylation sites (tertiary alicyclic amines) is 1. The van der Waals surface area contributed by atoms with Gasteiger partial charge in [-0.25, -0.2) is 0 Å². The summed E-state index contributed by atoms with van der Waals surface area (Å²) in [5.41, 5.74) is 2.14. The van der Waals surface area contributed by atoms with Gasteiger partial charge in [-0.2, -0.15) is 0 Å². The van der Waals surface area contributed by atoms with Crippen molar-refractivity contribution >= 4 is 5.96 Å². The number of phenols is 1. The second-order valence-electron chi connectivity index (χ2n) is 7.92. The van der Waals surface area contributed by atoms with Crippen molar-refractivity contribution in [2.75, 3.05) is 46.9 Å². The first-order valence-corrected chi connectivity index (χ1v) is 11.4. The van der Waals surface area contributed by atoms with Gasteiger partial charge in [0.25, 0.3) is 0 Å². The molecule has 174 valence electrons. The maximum absolute atomic E-state index is 10.2. The molecule has 3 rings (SSSR count). The molecule has 1 saturated heterocycles. The van der Waals surface area contributed by atoms with E-state index < -0.39 is 0 Å². The van der Waals surface area contributed by atoms with E-state index in [4.69, 9.17) is 14.5 Å². The van der Waals surface area contributed by atoms with Crippen molar-refractivity contribution in [2.24, 2.45) is 4.99 Å². The fourth-order valence-corrected chi connectivity index (χ4v) is 4.03. The Morgan fingerprint density at radius 1 is 1.03 bits per heavy atom. The molecule has 0 radical (unpaired) electrons. The molecule has 3 N–H and O–H groups in total. The third kappa shape index (κ3) is 6.53. The lowest BCUT2D eigenvalue weighted by molar-refractivity contribution is 0.251. The summed E-state index contributed by atoms with van der Waals surface area (Å²) in [5, 5.41) is 16.9. The van der Waals surface area contributed by atoms with Gasteiger partial charge in [0.15, 0.2) is 5.96 Å². The number of benzene rings is 2. The van der Waals surface area contributed by atoms with Crippen molar-refractivity contribution in [1.29, 1.82) is 0 Å². The first-order chi connectivity index (χ1) is 15.6. The molecular weight excluding hydrogens is 404 g/mol. The van der Waals surface area contributed by atoms with E-state index in [-0.39, 0.29) is 11.8 Å². The molecule has 0 spiro atoms. The van der Waals surface area contributed by atoms with Crippen molar-refractivity contribution in [1.82, 2.24) is 15.5 Å². The fourth-order valence-electron chi connectivity index (χ4n) is 4.03. The van der Waals surface area contributed by atoms with Crippen molar-refractivity contribution < 1.29 is 14.6 Å². The Morgan fingerprint density at radius 2 is 1.72 bits per heavy atom. The third-order valence-electron chi connectivity index (χ3n) is 5.83. The average Bonchev–Trinajstić information content (AvgIpc) is 3.35. The molecule has 32 heavy (non-hydrogen) atoms. The summed E-state index contributed by atoms with van der Waals surface area (Å²) < 4.78 is 10.5. The summed E-state index contributed by atoms with van der Waals surface area (Å²) in [6, 6.07) is 14.0. The first kappa shape index (κ1) is 23.7. The summed E-state index contributed by atoms with van der Waals surface area (Å²) in [7, 11) is 3.29. The minimum Gasteiger partial charge on any atom is -0.508 e. The van der Waals surface area contributed by atoms with Crippen molar-refractivity contribution in [3.63, 3.8) is 0 Å². The molecule has 2 aromatic rings. The fraction of sp³-hybridized carbons (Fsp3) is 0.480. The highest BCUT2D eigenvalue weighted by molar-refractivity contribution is 5.79. The first-order valence-electron chi connectivity index (χ1n) is 11.4. The van der Waals surface area contributed by atoms with E-state index in [1.807, 2.05) is 24.3 Å². The molecule has 2 aromatic carbocycles. The highest BCUT2D eigenvalue weighted by Gasteiger charge is 2.23. The molecule has 0 bridgehead atoms. The van der Waals surface area contributed by atoms with Crippen molar-refractivity contribution in [3.8, 4) is 17.2 Å². The van der Waals surface area contributed by atoms with E-state index in [9.17, 15) is 5.11 Å². The number of nitrogens with zero attached hydrogens (tertiary/aromatic N) is 2. The second kappa shape index (κ2) is 12.2. The molecule has 0 saturated carbocycles. The van der Waals surface area contributed by atoms with Gasteiger partial charge in [0.2, 0.25) is 0 Å². The van der Waals surface area contributed by atoms with Crippen LogP contribution in [0.2, 0.25) is 0 Å². The van der Waals surface area contributed by atoms with Crippen LogP contribution in [0.4, 0.5) is 0 Å². The van der Waals surface area contributed by atoms with Crippen LogP contribution in [0.5, 0.6) is 17.2 Å². The molecule has 1 aliphatic heterocycles. The van der Waals surface area contributed by atoms with Crippen molar-refractivity contribution in [2.45, 2.75) is 32.2 Å². The van der Waals surface area contributed by atoms with Crippen LogP contribution < -0.4 is 20.1 Å². The Morgan fingerprint density at radius 3 is 2.34 bits per heavy atom. The van der Waals surface area contributed by atoms with Crippen LogP contribution in [-0.2, 0) is 6.42 Å². The standard InChI is InChI=1S/C25H36N4O3/c1-4-26-25(27-14-13-20-9-12-22(32-3)17-24(20)30)28-18-23(29-15-5-6-16-29)19-7-10-21(31-2)11-8-19/h7-12,17,23,30H,4-6,13-16,18H2,1-3H3,(H2,26,27,28). The summed E-state index contributed by atoms with van der Waals surface area (Å²) in [4.78, 5) is 7.42. The zero-order valence-corrected chi connectivity index (χ0v) is 19.4. The van der Waals surface area contributed by atoms with Crippen LogP contribution in [0.1, 0.15) is 36.9 Å². The van der Waals surface area contributed by atoms with Gasteiger partial charge in [0.05, 0.1) is 26.8 Å². The lowest BCUT2D eigenvalue weighted by Gasteiger charge is -2.27. The number of nitrogens with one attached hydrogen (secondary N) is 2. The molecule has 0 amide bonds. The number of methoxy groups -OCH3 is 2. The maximum Gasteiger partial charge on any atom is 0.191 e.